The predicted octanol–water partition coefficient (Wildman–Crippen LogP) is 1.46. The fraction of sp³-hybridized carbons (Fsp3) is 0.417. The van der Waals surface area contributed by atoms with E-state index in [1.807, 2.05) is 6.92 Å². The lowest BCUT2D eigenvalue weighted by molar-refractivity contribution is -0.136. The average molecular weight is 224 g/mol. The molecule has 0 aromatic heterocycles. The van der Waals surface area contributed by atoms with Gasteiger partial charge < -0.3 is 14.9 Å². The number of carboxylic acid groups (broad SMARTS) is 1. The number of carboxylic acids is 1. The second kappa shape index (κ2) is 6.12. The lowest BCUT2D eigenvalue weighted by atomic mass is 10.1. The molecule has 1 rings (SSSR count). The molecule has 0 saturated carbocycles. The molecule has 0 radical (unpaired) electrons. The molecule has 0 spiro atoms. The lowest BCUT2D eigenvalue weighted by Crippen LogP contribution is -2.15. The number of aliphatic hydroxyl groups is 1. The first-order valence-corrected chi connectivity index (χ1v) is 5.23. The van der Waals surface area contributed by atoms with Crippen molar-refractivity contribution in [2.75, 3.05) is 6.61 Å². The Hall–Kier alpha value is -1.55. The summed E-state index contributed by atoms with van der Waals surface area (Å²) in [7, 11) is 0. The molecule has 0 fully saturated rings. The first-order valence-electron chi connectivity index (χ1n) is 5.23. The fourth-order valence-corrected chi connectivity index (χ4v) is 1.19. The maximum absolute atomic E-state index is 10.4. The highest BCUT2D eigenvalue weighted by Gasteiger charge is 2.03. The molecule has 0 bridgehead atoms. The van der Waals surface area contributed by atoms with E-state index in [1.54, 1.807) is 24.3 Å². The summed E-state index contributed by atoms with van der Waals surface area (Å²) in [4.78, 5) is 10.4. The van der Waals surface area contributed by atoms with E-state index < -0.39 is 12.1 Å². The SMILES string of the molecule is CCC(O)COc1ccc(CC(=O)O)cc1. The maximum atomic E-state index is 10.4. The highest BCUT2D eigenvalue weighted by molar-refractivity contribution is 5.70. The monoisotopic (exact) mass is 224 g/mol. The second-order valence-electron chi connectivity index (χ2n) is 3.59. The van der Waals surface area contributed by atoms with Gasteiger partial charge in [0.2, 0.25) is 0 Å². The van der Waals surface area contributed by atoms with Gasteiger partial charge in [0, 0.05) is 0 Å². The van der Waals surface area contributed by atoms with E-state index in [-0.39, 0.29) is 13.0 Å². The number of aliphatic carboxylic acids is 1. The van der Waals surface area contributed by atoms with Crippen LogP contribution >= 0.6 is 0 Å². The Balaban J connectivity index is 2.48. The van der Waals surface area contributed by atoms with Gasteiger partial charge in [-0.15, -0.1) is 0 Å². The van der Waals surface area contributed by atoms with Crippen molar-refractivity contribution in [3.8, 4) is 5.75 Å². The Bertz CT molecular complexity index is 331. The molecule has 88 valence electrons. The number of rotatable bonds is 6. The average Bonchev–Trinajstić information content (AvgIpc) is 2.27. The van der Waals surface area contributed by atoms with Crippen molar-refractivity contribution in [1.82, 2.24) is 0 Å². The van der Waals surface area contributed by atoms with Crippen molar-refractivity contribution < 1.29 is 19.7 Å². The minimum Gasteiger partial charge on any atom is -0.491 e. The summed E-state index contributed by atoms with van der Waals surface area (Å²) in [5.74, 6) is -0.211. The summed E-state index contributed by atoms with van der Waals surface area (Å²) in [5, 5.41) is 17.9. The van der Waals surface area contributed by atoms with Crippen molar-refractivity contribution in [1.29, 1.82) is 0 Å². The van der Waals surface area contributed by atoms with Crippen molar-refractivity contribution in [2.45, 2.75) is 25.9 Å². The number of aliphatic hydroxyl groups excluding tert-OH is 1. The summed E-state index contributed by atoms with van der Waals surface area (Å²) in [5.41, 5.74) is 0.732. The Morgan fingerprint density at radius 3 is 2.50 bits per heavy atom. The Kier molecular flexibility index (Phi) is 4.79. The molecule has 16 heavy (non-hydrogen) atoms. The highest BCUT2D eigenvalue weighted by Crippen LogP contribution is 2.13. The zero-order chi connectivity index (χ0) is 12.0. The maximum Gasteiger partial charge on any atom is 0.307 e. The highest BCUT2D eigenvalue weighted by atomic mass is 16.5. The van der Waals surface area contributed by atoms with E-state index in [9.17, 15) is 9.90 Å². The molecule has 1 unspecified atom stereocenters. The molecule has 0 saturated heterocycles. The van der Waals surface area contributed by atoms with Gasteiger partial charge in [0.05, 0.1) is 12.5 Å². The van der Waals surface area contributed by atoms with Gasteiger partial charge in [0.25, 0.3) is 0 Å². The van der Waals surface area contributed by atoms with Gasteiger partial charge >= 0.3 is 5.97 Å². The van der Waals surface area contributed by atoms with Crippen LogP contribution in [-0.2, 0) is 11.2 Å². The molecule has 4 heteroatoms. The second-order valence-corrected chi connectivity index (χ2v) is 3.59. The number of hydrogen-bond donors (Lipinski definition) is 2. The van der Waals surface area contributed by atoms with Crippen LogP contribution in [0.15, 0.2) is 24.3 Å². The molecule has 1 aromatic rings. The first kappa shape index (κ1) is 12.5. The van der Waals surface area contributed by atoms with Gasteiger partial charge in [0.1, 0.15) is 12.4 Å². The number of hydrogen-bond acceptors (Lipinski definition) is 3. The summed E-state index contributed by atoms with van der Waals surface area (Å²) < 4.78 is 5.32. The predicted molar refractivity (Wildman–Crippen MR) is 59.6 cm³/mol. The van der Waals surface area contributed by atoms with Crippen LogP contribution < -0.4 is 4.74 Å². The Morgan fingerprint density at radius 2 is 2.00 bits per heavy atom. The van der Waals surface area contributed by atoms with E-state index in [0.29, 0.717) is 12.2 Å². The van der Waals surface area contributed by atoms with Crippen LogP contribution in [0.4, 0.5) is 0 Å². The third-order valence-corrected chi connectivity index (χ3v) is 2.19. The molecule has 0 aliphatic heterocycles. The summed E-state index contributed by atoms with van der Waals surface area (Å²) >= 11 is 0. The molecule has 0 amide bonds. The summed E-state index contributed by atoms with van der Waals surface area (Å²) in [6.07, 6.45) is 0.202. The largest absolute Gasteiger partial charge is 0.491 e. The van der Waals surface area contributed by atoms with E-state index >= 15 is 0 Å². The van der Waals surface area contributed by atoms with Crippen molar-refractivity contribution in [3.63, 3.8) is 0 Å². The topological polar surface area (TPSA) is 66.8 Å². The van der Waals surface area contributed by atoms with Crippen molar-refractivity contribution in [2.24, 2.45) is 0 Å². The van der Waals surface area contributed by atoms with Crippen LogP contribution in [0, 0.1) is 0 Å². The van der Waals surface area contributed by atoms with Crippen LogP contribution in [0.3, 0.4) is 0 Å². The molecule has 0 heterocycles. The molecule has 1 aromatic carbocycles. The van der Waals surface area contributed by atoms with Gasteiger partial charge in [0.15, 0.2) is 0 Å². The Labute approximate surface area is 94.5 Å². The third-order valence-electron chi connectivity index (χ3n) is 2.19. The third kappa shape index (κ3) is 4.31. The van der Waals surface area contributed by atoms with E-state index in [1.165, 1.54) is 0 Å². The molecular formula is C12H16O4. The van der Waals surface area contributed by atoms with E-state index in [4.69, 9.17) is 9.84 Å². The van der Waals surface area contributed by atoms with Crippen molar-refractivity contribution >= 4 is 5.97 Å². The van der Waals surface area contributed by atoms with Gasteiger partial charge in [-0.3, -0.25) is 4.79 Å². The van der Waals surface area contributed by atoms with Crippen LogP contribution in [0.5, 0.6) is 5.75 Å². The molecule has 2 N–H and O–H groups in total. The van der Waals surface area contributed by atoms with E-state index in [2.05, 4.69) is 0 Å². The van der Waals surface area contributed by atoms with Crippen LogP contribution in [-0.4, -0.2) is 28.9 Å². The molecular weight excluding hydrogens is 208 g/mol. The van der Waals surface area contributed by atoms with Crippen LogP contribution in [0.25, 0.3) is 0 Å². The van der Waals surface area contributed by atoms with Crippen LogP contribution in [0.1, 0.15) is 18.9 Å². The molecule has 0 aliphatic rings. The minimum absolute atomic E-state index is 0.0118. The minimum atomic E-state index is -0.852. The molecule has 1 atom stereocenters. The van der Waals surface area contributed by atoms with Gasteiger partial charge in [-0.2, -0.15) is 0 Å². The first-order chi connectivity index (χ1) is 7.61. The Morgan fingerprint density at radius 1 is 1.38 bits per heavy atom. The van der Waals surface area contributed by atoms with Gasteiger partial charge in [-0.05, 0) is 24.1 Å². The number of benzene rings is 1. The van der Waals surface area contributed by atoms with Crippen LogP contribution in [0.2, 0.25) is 0 Å². The van der Waals surface area contributed by atoms with Gasteiger partial charge in [-0.1, -0.05) is 19.1 Å². The molecule has 0 aliphatic carbocycles. The molecule has 4 nitrogen and oxygen atoms in total. The zero-order valence-electron chi connectivity index (χ0n) is 9.22. The zero-order valence-corrected chi connectivity index (χ0v) is 9.22. The number of ether oxygens (including phenoxy) is 1. The fourth-order valence-electron chi connectivity index (χ4n) is 1.19. The standard InChI is InChI=1S/C12H16O4/c1-2-10(13)8-16-11-5-3-9(4-6-11)7-12(14)15/h3-6,10,13H,2,7-8H2,1H3,(H,14,15). The van der Waals surface area contributed by atoms with Gasteiger partial charge in [-0.25, -0.2) is 0 Å². The summed E-state index contributed by atoms with van der Waals surface area (Å²) in [6, 6.07) is 6.84. The normalized spacial score (nSPS) is 12.1. The van der Waals surface area contributed by atoms with Crippen molar-refractivity contribution in [3.05, 3.63) is 29.8 Å². The number of carbonyl (C=O) groups is 1. The lowest BCUT2D eigenvalue weighted by Gasteiger charge is -2.10. The van der Waals surface area contributed by atoms with E-state index in [0.717, 1.165) is 5.56 Å². The quantitative estimate of drug-likeness (QED) is 0.767. The smallest absolute Gasteiger partial charge is 0.307 e. The summed E-state index contributed by atoms with van der Waals surface area (Å²) in [6.45, 7) is 2.14.